The number of carbonyl (C=O) groups excluding carboxylic acids is 2. The minimum absolute atomic E-state index is 0.0304. The molecule has 2 aliphatic heterocycles. The van der Waals surface area contributed by atoms with E-state index in [2.05, 4.69) is 35.9 Å². The first-order chi connectivity index (χ1) is 29.2. The van der Waals surface area contributed by atoms with Gasteiger partial charge in [-0.25, -0.2) is 24.7 Å². The highest BCUT2D eigenvalue weighted by molar-refractivity contribution is 6.32. The topological polar surface area (TPSA) is 202 Å². The average Bonchev–Trinajstić information content (AvgIpc) is 3.96. The van der Waals surface area contributed by atoms with E-state index in [1.54, 1.807) is 56.9 Å². The third-order valence-electron chi connectivity index (χ3n) is 10.3. The zero-order valence-corrected chi connectivity index (χ0v) is 34.6. The quantitative estimate of drug-likeness (QED) is 0.0875. The maximum Gasteiger partial charge on any atom is 0.343 e. The van der Waals surface area contributed by atoms with E-state index in [1.807, 2.05) is 21.9 Å². The molecule has 0 aliphatic carbocycles. The van der Waals surface area contributed by atoms with E-state index < -0.39 is 11.9 Å². The number of anilines is 4. The smallest absolute Gasteiger partial charge is 0.343 e. The molecular formula is C41H45Cl2N11O6. The Kier molecular flexibility index (Phi) is 13.9. The van der Waals surface area contributed by atoms with Crippen molar-refractivity contribution in [2.24, 2.45) is 0 Å². The largest absolute Gasteiger partial charge is 0.495 e. The zero-order chi connectivity index (χ0) is 42.0. The number of ether oxygens (including phenoxy) is 3. The predicted octanol–water partition coefficient (Wildman–Crippen LogP) is 5.32. The van der Waals surface area contributed by atoms with Crippen molar-refractivity contribution >= 4 is 58.6 Å². The second-order valence-electron chi connectivity index (χ2n) is 14.1. The summed E-state index contributed by atoms with van der Waals surface area (Å²) in [4.78, 5) is 58.3. The number of esters is 1. The summed E-state index contributed by atoms with van der Waals surface area (Å²) in [6.07, 6.45) is 9.35. The summed E-state index contributed by atoms with van der Waals surface area (Å²) in [6, 6.07) is 12.1. The first-order valence-corrected chi connectivity index (χ1v) is 20.2. The fraction of sp³-hybridized carbons (Fsp3) is 0.366. The normalized spacial score (nSPS) is 16.1. The summed E-state index contributed by atoms with van der Waals surface area (Å²) in [5, 5.41) is 20.3. The van der Waals surface area contributed by atoms with Gasteiger partial charge in [0.05, 0.1) is 49.5 Å². The number of amides is 1. The molecule has 2 atom stereocenters. The molecule has 4 N–H and O–H groups in total. The van der Waals surface area contributed by atoms with E-state index >= 15 is 0 Å². The first kappa shape index (κ1) is 42.1. The minimum Gasteiger partial charge on any atom is -0.495 e. The molecule has 2 aromatic carbocycles. The molecule has 0 bridgehead atoms. The van der Waals surface area contributed by atoms with Crippen LogP contribution in [0.15, 0.2) is 67.3 Å². The molecule has 17 nitrogen and oxygen atoms in total. The van der Waals surface area contributed by atoms with Crippen molar-refractivity contribution < 1.29 is 28.9 Å². The van der Waals surface area contributed by atoms with Crippen LogP contribution in [0.5, 0.6) is 11.5 Å². The number of nitrogens with zero attached hydrogens (tertiary/aromatic N) is 8. The second kappa shape index (κ2) is 19.8. The molecule has 0 radical (unpaired) electrons. The van der Waals surface area contributed by atoms with Crippen molar-refractivity contribution in [1.29, 1.82) is 0 Å². The summed E-state index contributed by atoms with van der Waals surface area (Å²) < 4.78 is 16.5. The number of hydrogen-bond acceptors (Lipinski definition) is 16. The molecule has 0 saturated carbocycles. The molecule has 19 heteroatoms. The molecule has 7 rings (SSSR count). The number of hydrogen-bond donors (Lipinski definition) is 4. The summed E-state index contributed by atoms with van der Waals surface area (Å²) in [7, 11) is 3.10. The van der Waals surface area contributed by atoms with Crippen molar-refractivity contribution in [1.82, 2.24) is 35.2 Å². The van der Waals surface area contributed by atoms with E-state index in [9.17, 15) is 14.7 Å². The van der Waals surface area contributed by atoms with E-state index in [0.29, 0.717) is 77.7 Å². The average molecular weight is 859 g/mol. The number of aliphatic hydroxyl groups excluding tert-OH is 1. The first-order valence-electron chi connectivity index (χ1n) is 19.5. The number of carbonyl (C=O) groups is 2. The van der Waals surface area contributed by atoms with Gasteiger partial charge in [-0.05, 0) is 67.1 Å². The molecule has 3 aromatic heterocycles. The van der Waals surface area contributed by atoms with Gasteiger partial charge in [-0.1, -0.05) is 35.3 Å². The standard InChI is InChI=1S/C41H45Cl2N11O6/c1-58-33-10-8-25(16-31(33)42)18-46-36-29(38(56)48-22-35-44-12-5-13-45-35)20-49-41(51-36)54-15-4-7-28(54)24-60-39(57)30-21-50-40(53-14-3-6-27(53)23-55)52-37(30)47-19-26-9-11-34(59-2)32(43)17-26/h5,8-13,16-17,20-21,27-28,55H,3-4,6-7,14-15,18-19,22-24H2,1-2H3,(H,48,56)(H,46,49,51)(H,47,50,52). The number of halogens is 2. The Hall–Kier alpha value is -6.04. The van der Waals surface area contributed by atoms with Crippen LogP contribution in [0, 0.1) is 0 Å². The molecule has 2 fully saturated rings. The van der Waals surface area contributed by atoms with E-state index in [4.69, 9.17) is 47.4 Å². The Morgan fingerprint density at radius 2 is 1.32 bits per heavy atom. The highest BCUT2D eigenvalue weighted by atomic mass is 35.5. The van der Waals surface area contributed by atoms with Gasteiger partial charge < -0.3 is 45.1 Å². The van der Waals surface area contributed by atoms with Gasteiger partial charge in [0.2, 0.25) is 11.9 Å². The Balaban J connectivity index is 1.08. The van der Waals surface area contributed by atoms with Crippen LogP contribution < -0.4 is 35.2 Å². The van der Waals surface area contributed by atoms with Gasteiger partial charge in [0, 0.05) is 51.0 Å². The number of aliphatic hydroxyl groups is 1. The van der Waals surface area contributed by atoms with Crippen LogP contribution in [0.1, 0.15) is 63.4 Å². The third kappa shape index (κ3) is 10.0. The molecule has 5 heterocycles. The molecule has 60 heavy (non-hydrogen) atoms. The number of aromatic nitrogens is 6. The lowest BCUT2D eigenvalue weighted by molar-refractivity contribution is 0.0482. The fourth-order valence-electron chi connectivity index (χ4n) is 7.10. The van der Waals surface area contributed by atoms with Crippen LogP contribution >= 0.6 is 23.2 Å². The van der Waals surface area contributed by atoms with E-state index in [-0.39, 0.29) is 48.8 Å². The van der Waals surface area contributed by atoms with Crippen molar-refractivity contribution in [3.63, 3.8) is 0 Å². The molecule has 1 amide bonds. The van der Waals surface area contributed by atoms with Gasteiger partial charge in [-0.2, -0.15) is 9.97 Å². The van der Waals surface area contributed by atoms with Crippen LogP contribution in [0.25, 0.3) is 0 Å². The lowest BCUT2D eigenvalue weighted by atomic mass is 10.2. The van der Waals surface area contributed by atoms with Crippen molar-refractivity contribution in [3.05, 3.63) is 105 Å². The van der Waals surface area contributed by atoms with Crippen molar-refractivity contribution in [3.8, 4) is 11.5 Å². The Bertz CT molecular complexity index is 2290. The summed E-state index contributed by atoms with van der Waals surface area (Å²) >= 11 is 12.8. The summed E-state index contributed by atoms with van der Waals surface area (Å²) in [5.41, 5.74) is 2.05. The molecule has 5 aromatic rings. The third-order valence-corrected chi connectivity index (χ3v) is 10.9. The highest BCUT2D eigenvalue weighted by Crippen LogP contribution is 2.30. The van der Waals surface area contributed by atoms with Gasteiger partial charge in [0.25, 0.3) is 5.91 Å². The van der Waals surface area contributed by atoms with Gasteiger partial charge in [-0.15, -0.1) is 0 Å². The van der Waals surface area contributed by atoms with Crippen molar-refractivity contribution in [2.75, 3.05) is 61.0 Å². The molecule has 2 unspecified atom stereocenters. The molecule has 2 saturated heterocycles. The van der Waals surface area contributed by atoms with Crippen LogP contribution in [0.3, 0.4) is 0 Å². The van der Waals surface area contributed by atoms with Gasteiger partial charge in [-0.3, -0.25) is 4.79 Å². The van der Waals surface area contributed by atoms with Gasteiger partial charge >= 0.3 is 5.97 Å². The van der Waals surface area contributed by atoms with Crippen LogP contribution in [0.4, 0.5) is 23.5 Å². The van der Waals surface area contributed by atoms with Crippen LogP contribution in [-0.2, 0) is 24.4 Å². The molecule has 2 aliphatic rings. The number of methoxy groups -OCH3 is 2. The lowest BCUT2D eigenvalue weighted by Gasteiger charge is -2.26. The van der Waals surface area contributed by atoms with Crippen LogP contribution in [0.2, 0.25) is 10.0 Å². The Labute approximate surface area is 356 Å². The van der Waals surface area contributed by atoms with E-state index in [0.717, 1.165) is 30.4 Å². The summed E-state index contributed by atoms with van der Waals surface area (Å²) in [6.45, 7) is 1.99. The predicted molar refractivity (Wildman–Crippen MR) is 226 cm³/mol. The monoisotopic (exact) mass is 857 g/mol. The maximum atomic E-state index is 13.8. The molecular weight excluding hydrogens is 813 g/mol. The van der Waals surface area contributed by atoms with Gasteiger partial charge in [0.15, 0.2) is 0 Å². The van der Waals surface area contributed by atoms with E-state index in [1.165, 1.54) is 12.4 Å². The maximum absolute atomic E-state index is 13.8. The number of nitrogens with one attached hydrogen (secondary N) is 3. The Morgan fingerprint density at radius 1 is 0.767 bits per heavy atom. The second-order valence-corrected chi connectivity index (χ2v) is 14.9. The lowest BCUT2D eigenvalue weighted by Crippen LogP contribution is -2.36. The van der Waals surface area contributed by atoms with Gasteiger partial charge in [0.1, 0.15) is 46.7 Å². The SMILES string of the molecule is COc1ccc(CNc2nc(N3CCCC3COC(=O)c3cnc(N4CCCC4CO)nc3NCc3ccc(OC)c(Cl)c3)ncc2C(=O)NCc2ncccn2)cc1Cl. The van der Waals surface area contributed by atoms with Crippen molar-refractivity contribution in [2.45, 2.75) is 57.4 Å². The fourth-order valence-corrected chi connectivity index (χ4v) is 7.67. The van der Waals surface area contributed by atoms with Crippen LogP contribution in [-0.4, -0.2) is 99.5 Å². The minimum atomic E-state index is -0.611. The molecule has 0 spiro atoms. The number of rotatable bonds is 17. The Morgan fingerprint density at radius 3 is 1.88 bits per heavy atom. The summed E-state index contributed by atoms with van der Waals surface area (Å²) in [5.74, 6) is 1.87. The molecule has 314 valence electrons. The number of benzene rings is 2. The zero-order valence-electron chi connectivity index (χ0n) is 33.1. The highest BCUT2D eigenvalue weighted by Gasteiger charge is 2.31.